The highest BCUT2D eigenvalue weighted by Gasteiger charge is 2.66. The lowest BCUT2D eigenvalue weighted by molar-refractivity contribution is -0.145. The van der Waals surface area contributed by atoms with E-state index in [9.17, 15) is 23.9 Å². The second-order valence-electron chi connectivity index (χ2n) is 8.20. The van der Waals surface area contributed by atoms with Crippen LogP contribution < -0.4 is 4.90 Å². The molecule has 3 heterocycles. The summed E-state index contributed by atoms with van der Waals surface area (Å²) in [6, 6.07) is 11.8. The van der Waals surface area contributed by atoms with Gasteiger partial charge in [-0.1, -0.05) is 18.2 Å². The number of ether oxygens (including phenoxy) is 1. The van der Waals surface area contributed by atoms with Gasteiger partial charge >= 0.3 is 0 Å². The minimum Gasteiger partial charge on any atom is -0.507 e. The van der Waals surface area contributed by atoms with Crippen LogP contribution in [0.5, 0.6) is 0 Å². The molecule has 0 bridgehead atoms. The standard InChI is InChI=1S/C24H21FN2O5/c1-26-18-7-3-2-6-17(18)24(23(26)31)19(20(28)14-8-10-15(25)11-9-14)21(29)22(30)27(24)13-16-5-4-12-32-16/h2-3,6-11,16,28H,4-5,12-13H2,1H3/t16-,24-/m0/s1. The van der Waals surface area contributed by atoms with Gasteiger partial charge in [0.05, 0.1) is 11.7 Å². The molecule has 164 valence electrons. The van der Waals surface area contributed by atoms with E-state index in [4.69, 9.17) is 4.74 Å². The van der Waals surface area contributed by atoms with Gasteiger partial charge < -0.3 is 19.6 Å². The molecular weight excluding hydrogens is 415 g/mol. The average molecular weight is 436 g/mol. The summed E-state index contributed by atoms with van der Waals surface area (Å²) < 4.78 is 19.2. The van der Waals surface area contributed by atoms with E-state index < -0.39 is 34.7 Å². The first kappa shape index (κ1) is 20.4. The van der Waals surface area contributed by atoms with Crippen LogP contribution in [-0.4, -0.2) is 53.9 Å². The number of Topliss-reactive ketones (excluding diaryl/α,β-unsaturated/α-hetero) is 1. The monoisotopic (exact) mass is 436 g/mol. The summed E-state index contributed by atoms with van der Waals surface area (Å²) in [6.07, 6.45) is 1.20. The second-order valence-corrected chi connectivity index (χ2v) is 8.20. The van der Waals surface area contributed by atoms with Crippen molar-refractivity contribution in [1.82, 2.24) is 4.90 Å². The molecule has 8 heteroatoms. The molecule has 3 aliphatic heterocycles. The van der Waals surface area contributed by atoms with Crippen LogP contribution in [0.15, 0.2) is 54.1 Å². The van der Waals surface area contributed by atoms with Crippen LogP contribution in [-0.2, 0) is 24.7 Å². The zero-order chi connectivity index (χ0) is 22.6. The number of likely N-dealkylation sites (tertiary alicyclic amines) is 1. The van der Waals surface area contributed by atoms with Crippen molar-refractivity contribution >= 4 is 29.0 Å². The highest BCUT2D eigenvalue weighted by Crippen LogP contribution is 2.53. The van der Waals surface area contributed by atoms with Crippen molar-refractivity contribution in [2.45, 2.75) is 24.5 Å². The van der Waals surface area contributed by atoms with Crippen LogP contribution in [0.3, 0.4) is 0 Å². The van der Waals surface area contributed by atoms with E-state index in [0.717, 1.165) is 18.6 Å². The van der Waals surface area contributed by atoms with E-state index in [1.165, 1.54) is 21.9 Å². The van der Waals surface area contributed by atoms with Gasteiger partial charge in [-0.3, -0.25) is 14.4 Å². The number of aliphatic hydroxyl groups excluding tert-OH is 1. The first-order valence-corrected chi connectivity index (χ1v) is 10.4. The lowest BCUT2D eigenvalue weighted by atomic mass is 9.81. The summed E-state index contributed by atoms with van der Waals surface area (Å²) in [5.41, 5.74) is -1.01. The quantitative estimate of drug-likeness (QED) is 0.454. The van der Waals surface area contributed by atoms with Crippen molar-refractivity contribution in [1.29, 1.82) is 0 Å². The molecule has 1 N–H and O–H groups in total. The maximum atomic E-state index is 13.8. The van der Waals surface area contributed by atoms with E-state index in [1.54, 1.807) is 31.3 Å². The lowest BCUT2D eigenvalue weighted by Crippen LogP contribution is -2.53. The highest BCUT2D eigenvalue weighted by atomic mass is 19.1. The smallest absolute Gasteiger partial charge is 0.296 e. The van der Waals surface area contributed by atoms with E-state index in [2.05, 4.69) is 0 Å². The Bertz CT molecular complexity index is 1170. The number of carbonyl (C=O) groups is 3. The molecule has 2 saturated heterocycles. The Morgan fingerprint density at radius 3 is 2.56 bits per heavy atom. The maximum Gasteiger partial charge on any atom is 0.296 e. The topological polar surface area (TPSA) is 87.2 Å². The van der Waals surface area contributed by atoms with Crippen LogP contribution in [0.25, 0.3) is 5.76 Å². The minimum atomic E-state index is -1.82. The van der Waals surface area contributed by atoms with Crippen molar-refractivity contribution in [3.63, 3.8) is 0 Å². The van der Waals surface area contributed by atoms with Gasteiger partial charge in [0.25, 0.3) is 17.6 Å². The van der Waals surface area contributed by atoms with Gasteiger partial charge in [-0.15, -0.1) is 0 Å². The van der Waals surface area contributed by atoms with Gasteiger partial charge in [-0.25, -0.2) is 4.39 Å². The number of carbonyl (C=O) groups excluding carboxylic acids is 3. The number of benzene rings is 2. The number of anilines is 1. The molecule has 2 aromatic carbocycles. The number of amides is 2. The second kappa shape index (κ2) is 7.27. The van der Waals surface area contributed by atoms with E-state index >= 15 is 0 Å². The molecule has 5 rings (SSSR count). The molecule has 1 spiro atoms. The molecule has 2 amide bonds. The van der Waals surface area contributed by atoms with E-state index in [-0.39, 0.29) is 23.8 Å². The lowest BCUT2D eigenvalue weighted by Gasteiger charge is -2.35. The molecule has 0 aromatic heterocycles. The normalized spacial score (nSPS) is 26.4. The third kappa shape index (κ3) is 2.65. The van der Waals surface area contributed by atoms with Crippen LogP contribution in [0.4, 0.5) is 10.1 Å². The molecule has 32 heavy (non-hydrogen) atoms. The average Bonchev–Trinajstić information content (AvgIpc) is 3.45. The Balaban J connectivity index is 1.79. The first-order chi connectivity index (χ1) is 15.4. The van der Waals surface area contributed by atoms with E-state index in [0.29, 0.717) is 24.3 Å². The highest BCUT2D eigenvalue weighted by molar-refractivity contribution is 6.50. The Morgan fingerprint density at radius 1 is 1.16 bits per heavy atom. The van der Waals surface area contributed by atoms with Gasteiger partial charge in [0.2, 0.25) is 0 Å². The summed E-state index contributed by atoms with van der Waals surface area (Å²) >= 11 is 0. The van der Waals surface area contributed by atoms with Crippen LogP contribution >= 0.6 is 0 Å². The number of halogens is 1. The summed E-state index contributed by atoms with van der Waals surface area (Å²) in [4.78, 5) is 43.0. The fourth-order valence-corrected chi connectivity index (χ4v) is 4.97. The van der Waals surface area contributed by atoms with Crippen molar-refractivity contribution in [3.8, 4) is 0 Å². The maximum absolute atomic E-state index is 13.8. The molecule has 2 aromatic rings. The Morgan fingerprint density at radius 2 is 1.88 bits per heavy atom. The molecule has 0 unspecified atom stereocenters. The Labute approximate surface area is 183 Å². The molecule has 0 aliphatic carbocycles. The number of rotatable bonds is 3. The number of aliphatic hydroxyl groups is 1. The van der Waals surface area contributed by atoms with Crippen molar-refractivity contribution in [2.75, 3.05) is 25.1 Å². The Kier molecular flexibility index (Phi) is 4.63. The summed E-state index contributed by atoms with van der Waals surface area (Å²) in [6.45, 7) is 0.584. The van der Waals surface area contributed by atoms with Crippen molar-refractivity contribution in [3.05, 3.63) is 71.0 Å². The number of hydrogen-bond acceptors (Lipinski definition) is 5. The number of hydrogen-bond donors (Lipinski definition) is 1. The largest absolute Gasteiger partial charge is 0.507 e. The summed E-state index contributed by atoms with van der Waals surface area (Å²) in [7, 11) is 1.57. The predicted octanol–water partition coefficient (Wildman–Crippen LogP) is 2.56. The number of likely N-dealkylation sites (N-methyl/N-ethyl adjacent to an activating group) is 1. The number of fused-ring (bicyclic) bond motifs is 2. The zero-order valence-corrected chi connectivity index (χ0v) is 17.4. The molecule has 2 atom stereocenters. The van der Waals surface area contributed by atoms with Crippen LogP contribution in [0.2, 0.25) is 0 Å². The number of para-hydroxylation sites is 1. The SMILES string of the molecule is CN1C(=O)[C@@]2(C(=C(O)c3ccc(F)cc3)C(=O)C(=O)N2C[C@@H]2CCCO2)c2ccccc21. The van der Waals surface area contributed by atoms with E-state index in [1.807, 2.05) is 0 Å². The van der Waals surface area contributed by atoms with Gasteiger partial charge in [-0.05, 0) is 43.2 Å². The molecule has 3 aliphatic rings. The number of ketones is 1. The molecule has 0 radical (unpaired) electrons. The fourth-order valence-electron chi connectivity index (χ4n) is 4.97. The fraction of sp³-hybridized carbons (Fsp3) is 0.292. The van der Waals surface area contributed by atoms with Gasteiger partial charge in [0.1, 0.15) is 11.6 Å². The van der Waals surface area contributed by atoms with Crippen LogP contribution in [0.1, 0.15) is 24.0 Å². The zero-order valence-electron chi connectivity index (χ0n) is 17.4. The third-order valence-corrected chi connectivity index (χ3v) is 6.47. The van der Waals surface area contributed by atoms with Crippen LogP contribution in [0, 0.1) is 5.82 Å². The summed E-state index contributed by atoms with van der Waals surface area (Å²) in [5.74, 6) is -3.38. The molecule has 2 fully saturated rings. The number of nitrogens with zero attached hydrogens (tertiary/aromatic N) is 2. The Hall–Kier alpha value is -3.52. The summed E-state index contributed by atoms with van der Waals surface area (Å²) in [5, 5.41) is 11.2. The predicted molar refractivity (Wildman–Crippen MR) is 113 cm³/mol. The van der Waals surface area contributed by atoms with Gasteiger partial charge in [-0.2, -0.15) is 0 Å². The molecule has 7 nitrogen and oxygen atoms in total. The van der Waals surface area contributed by atoms with Gasteiger partial charge in [0.15, 0.2) is 5.54 Å². The van der Waals surface area contributed by atoms with Crippen molar-refractivity contribution in [2.24, 2.45) is 0 Å². The molecule has 0 saturated carbocycles. The van der Waals surface area contributed by atoms with Gasteiger partial charge in [0, 0.05) is 37.0 Å². The minimum absolute atomic E-state index is 0.0404. The third-order valence-electron chi connectivity index (χ3n) is 6.47. The first-order valence-electron chi connectivity index (χ1n) is 10.4. The van der Waals surface area contributed by atoms with Crippen molar-refractivity contribution < 1.29 is 28.6 Å². The molecular formula is C24H21FN2O5.